The lowest BCUT2D eigenvalue weighted by molar-refractivity contribution is -0.116. The number of carbonyl (C=O) groups is 1. The summed E-state index contributed by atoms with van der Waals surface area (Å²) < 4.78 is 28.9. The van der Waals surface area contributed by atoms with E-state index in [1.54, 1.807) is 11.0 Å². The number of amides is 1. The van der Waals surface area contributed by atoms with Crippen LogP contribution in [0, 0.1) is 0 Å². The standard InChI is InChI=1S/C21H24BrN3O3S/c1-15-12-17-13-19(22)21(14-20(17)25(15)16(2)26)29(27,28)24-10-8-23(9-11-24)18-6-4-3-5-7-18/h3-7,13-15H,8-12H2,1-2H3. The second-order valence-corrected chi connectivity index (χ2v) is 10.3. The van der Waals surface area contributed by atoms with Gasteiger partial charge in [0.2, 0.25) is 15.9 Å². The third-order valence-electron chi connectivity index (χ3n) is 5.67. The first-order valence-electron chi connectivity index (χ1n) is 9.71. The highest BCUT2D eigenvalue weighted by molar-refractivity contribution is 9.10. The lowest BCUT2D eigenvalue weighted by Crippen LogP contribution is -2.48. The number of para-hydroxylation sites is 1. The maximum absolute atomic E-state index is 13.4. The van der Waals surface area contributed by atoms with E-state index < -0.39 is 10.0 Å². The summed E-state index contributed by atoms with van der Waals surface area (Å²) in [6.07, 6.45) is 0.726. The fourth-order valence-corrected chi connectivity index (χ4v) is 6.75. The van der Waals surface area contributed by atoms with Crippen LogP contribution in [0.3, 0.4) is 0 Å². The summed E-state index contributed by atoms with van der Waals surface area (Å²) in [6, 6.07) is 13.6. The summed E-state index contributed by atoms with van der Waals surface area (Å²) in [7, 11) is -3.66. The quantitative estimate of drug-likeness (QED) is 0.680. The summed E-state index contributed by atoms with van der Waals surface area (Å²) in [5.41, 5.74) is 2.80. The van der Waals surface area contributed by atoms with Crippen molar-refractivity contribution in [3.8, 4) is 0 Å². The smallest absolute Gasteiger partial charge is 0.244 e. The summed E-state index contributed by atoms with van der Waals surface area (Å²) in [5.74, 6) is -0.0709. The molecular weight excluding hydrogens is 454 g/mol. The predicted octanol–water partition coefficient (Wildman–Crippen LogP) is 3.26. The average molecular weight is 478 g/mol. The van der Waals surface area contributed by atoms with Gasteiger partial charge in [0.1, 0.15) is 0 Å². The van der Waals surface area contributed by atoms with Crippen molar-refractivity contribution >= 4 is 43.2 Å². The third-order valence-corrected chi connectivity index (χ3v) is 8.52. The molecule has 2 aromatic rings. The van der Waals surface area contributed by atoms with Crippen LogP contribution in [0.25, 0.3) is 0 Å². The largest absolute Gasteiger partial charge is 0.369 e. The third kappa shape index (κ3) is 3.69. The Kier molecular flexibility index (Phi) is 5.44. The van der Waals surface area contributed by atoms with Crippen LogP contribution in [0.2, 0.25) is 0 Å². The topological polar surface area (TPSA) is 60.9 Å². The van der Waals surface area contributed by atoms with Crippen molar-refractivity contribution in [3.05, 3.63) is 52.5 Å². The minimum Gasteiger partial charge on any atom is -0.369 e. The van der Waals surface area contributed by atoms with E-state index in [9.17, 15) is 13.2 Å². The zero-order chi connectivity index (χ0) is 20.8. The molecule has 154 valence electrons. The van der Waals surface area contributed by atoms with Crippen LogP contribution in [0.5, 0.6) is 0 Å². The number of rotatable bonds is 3. The van der Waals surface area contributed by atoms with E-state index in [1.165, 1.54) is 11.2 Å². The van der Waals surface area contributed by atoms with Crippen molar-refractivity contribution in [1.82, 2.24) is 4.31 Å². The van der Waals surface area contributed by atoms with Gasteiger partial charge in [-0.2, -0.15) is 4.31 Å². The first-order chi connectivity index (χ1) is 13.8. The van der Waals surface area contributed by atoms with Crippen LogP contribution in [-0.4, -0.2) is 50.9 Å². The van der Waals surface area contributed by atoms with E-state index >= 15 is 0 Å². The van der Waals surface area contributed by atoms with Gasteiger partial charge < -0.3 is 9.80 Å². The van der Waals surface area contributed by atoms with Crippen LogP contribution < -0.4 is 9.80 Å². The van der Waals surface area contributed by atoms with Crippen LogP contribution in [0.1, 0.15) is 19.4 Å². The Balaban J connectivity index is 1.60. The molecule has 0 aromatic heterocycles. The molecule has 4 rings (SSSR count). The van der Waals surface area contributed by atoms with Crippen LogP contribution >= 0.6 is 15.9 Å². The normalized spacial score (nSPS) is 20.0. The molecule has 0 spiro atoms. The molecule has 1 unspecified atom stereocenters. The number of sulfonamides is 1. The van der Waals surface area contributed by atoms with Gasteiger partial charge in [-0.05, 0) is 59.1 Å². The molecule has 1 fully saturated rings. The minimum absolute atomic E-state index is 0.0294. The molecule has 1 amide bonds. The Morgan fingerprint density at radius 2 is 1.72 bits per heavy atom. The van der Waals surface area contributed by atoms with Crippen LogP contribution in [0.4, 0.5) is 11.4 Å². The molecule has 0 N–H and O–H groups in total. The van der Waals surface area contributed by atoms with E-state index in [0.29, 0.717) is 36.3 Å². The molecule has 29 heavy (non-hydrogen) atoms. The summed E-state index contributed by atoms with van der Waals surface area (Å²) in [6.45, 7) is 5.63. The second-order valence-electron chi connectivity index (χ2n) is 7.58. The van der Waals surface area contributed by atoms with Gasteiger partial charge in [-0.15, -0.1) is 0 Å². The Bertz CT molecular complexity index is 1030. The number of hydrogen-bond donors (Lipinski definition) is 0. The maximum Gasteiger partial charge on any atom is 0.244 e. The van der Waals surface area contributed by atoms with Gasteiger partial charge in [0.15, 0.2) is 0 Å². The Labute approximate surface area is 180 Å². The highest BCUT2D eigenvalue weighted by Gasteiger charge is 2.35. The van der Waals surface area contributed by atoms with Crippen LogP contribution in [0.15, 0.2) is 51.8 Å². The molecule has 0 saturated carbocycles. The zero-order valence-corrected chi connectivity index (χ0v) is 18.9. The monoisotopic (exact) mass is 477 g/mol. The lowest BCUT2D eigenvalue weighted by Gasteiger charge is -2.35. The highest BCUT2D eigenvalue weighted by Crippen LogP contribution is 2.39. The van der Waals surface area contributed by atoms with Crippen molar-refractivity contribution in [2.75, 3.05) is 36.0 Å². The summed E-state index contributed by atoms with van der Waals surface area (Å²) in [5, 5.41) is 0. The lowest BCUT2D eigenvalue weighted by atomic mass is 10.1. The molecule has 2 aliphatic rings. The molecule has 2 aromatic carbocycles. The van der Waals surface area contributed by atoms with Gasteiger partial charge in [0.25, 0.3) is 0 Å². The van der Waals surface area contributed by atoms with Crippen molar-refractivity contribution in [1.29, 1.82) is 0 Å². The van der Waals surface area contributed by atoms with Crippen molar-refractivity contribution in [3.63, 3.8) is 0 Å². The fourth-order valence-electron chi connectivity index (χ4n) is 4.26. The first-order valence-corrected chi connectivity index (χ1v) is 11.9. The van der Waals surface area contributed by atoms with Gasteiger partial charge in [-0.3, -0.25) is 4.79 Å². The molecule has 6 nitrogen and oxygen atoms in total. The van der Waals surface area contributed by atoms with E-state index in [4.69, 9.17) is 0 Å². The Morgan fingerprint density at radius 3 is 2.34 bits per heavy atom. The molecule has 8 heteroatoms. The van der Waals surface area contributed by atoms with Gasteiger partial charge in [0, 0.05) is 55.0 Å². The zero-order valence-electron chi connectivity index (χ0n) is 16.5. The molecule has 2 aliphatic heterocycles. The molecule has 0 aliphatic carbocycles. The van der Waals surface area contributed by atoms with Gasteiger partial charge in [0.05, 0.1) is 4.90 Å². The Morgan fingerprint density at radius 1 is 1.07 bits per heavy atom. The maximum atomic E-state index is 13.4. The Hall–Kier alpha value is -1.90. The van der Waals surface area contributed by atoms with Crippen molar-refractivity contribution < 1.29 is 13.2 Å². The SMILES string of the molecule is CC(=O)N1c2cc(S(=O)(=O)N3CCN(c4ccccc4)CC3)c(Br)cc2CC1C. The summed E-state index contributed by atoms with van der Waals surface area (Å²) in [4.78, 5) is 16.2. The number of benzene rings is 2. The molecular formula is C21H24BrN3O3S. The minimum atomic E-state index is -3.66. The number of carbonyl (C=O) groups excluding carboxylic acids is 1. The van der Waals surface area contributed by atoms with Gasteiger partial charge >= 0.3 is 0 Å². The molecule has 1 atom stereocenters. The average Bonchev–Trinajstić information content (AvgIpc) is 3.02. The number of piperazine rings is 1. The number of anilines is 2. The van der Waals surface area contributed by atoms with Crippen LogP contribution in [-0.2, 0) is 21.2 Å². The summed E-state index contributed by atoms with van der Waals surface area (Å²) >= 11 is 3.46. The molecule has 2 heterocycles. The van der Waals surface area contributed by atoms with E-state index in [1.807, 2.05) is 43.3 Å². The number of nitrogens with zero attached hydrogens (tertiary/aromatic N) is 3. The van der Waals surface area contributed by atoms with E-state index in [0.717, 1.165) is 17.7 Å². The molecule has 0 bridgehead atoms. The second kappa shape index (κ2) is 7.74. The van der Waals surface area contributed by atoms with E-state index in [-0.39, 0.29) is 16.8 Å². The fraction of sp³-hybridized carbons (Fsp3) is 0.381. The van der Waals surface area contributed by atoms with Gasteiger partial charge in [-0.1, -0.05) is 18.2 Å². The highest BCUT2D eigenvalue weighted by atomic mass is 79.9. The number of hydrogen-bond acceptors (Lipinski definition) is 4. The number of fused-ring (bicyclic) bond motifs is 1. The van der Waals surface area contributed by atoms with Gasteiger partial charge in [-0.25, -0.2) is 8.42 Å². The number of halogens is 1. The van der Waals surface area contributed by atoms with Crippen molar-refractivity contribution in [2.45, 2.75) is 31.2 Å². The van der Waals surface area contributed by atoms with E-state index in [2.05, 4.69) is 20.8 Å². The predicted molar refractivity (Wildman–Crippen MR) is 118 cm³/mol. The molecule has 0 radical (unpaired) electrons. The first kappa shape index (κ1) is 20.4. The molecule has 1 saturated heterocycles. The van der Waals surface area contributed by atoms with Crippen molar-refractivity contribution in [2.24, 2.45) is 0 Å².